The van der Waals surface area contributed by atoms with Crippen LogP contribution >= 0.6 is 0 Å². The summed E-state index contributed by atoms with van der Waals surface area (Å²) >= 11 is 0. The number of benzene rings is 3. The van der Waals surface area contributed by atoms with Crippen molar-refractivity contribution in [3.05, 3.63) is 108 Å². The van der Waals surface area contributed by atoms with E-state index < -0.39 is 0 Å². The molecule has 1 heterocycles. The van der Waals surface area contributed by atoms with Gasteiger partial charge in [-0.15, -0.1) is 0 Å². The van der Waals surface area contributed by atoms with Gasteiger partial charge in [-0.05, 0) is 67.3 Å². The molecular weight excluding hydrogens is 462 g/mol. The molecule has 0 saturated heterocycles. The lowest BCUT2D eigenvalue weighted by molar-refractivity contribution is 0.0993. The first-order valence-corrected chi connectivity index (χ1v) is 12.3. The van der Waals surface area contributed by atoms with E-state index in [1.54, 1.807) is 12.1 Å². The van der Waals surface area contributed by atoms with Crippen molar-refractivity contribution in [2.45, 2.75) is 33.6 Å². The first-order chi connectivity index (χ1) is 17.9. The molecule has 5 rings (SSSR count). The highest BCUT2D eigenvalue weighted by Gasteiger charge is 2.36. The number of fused-ring (bicyclic) bond motifs is 1. The topological polar surface area (TPSA) is 91.4 Å². The number of rotatable bonds is 6. The zero-order valence-electron chi connectivity index (χ0n) is 21.2. The van der Waals surface area contributed by atoms with Gasteiger partial charge in [0, 0.05) is 23.2 Å². The Morgan fingerprint density at radius 3 is 2.11 bits per heavy atom. The lowest BCUT2D eigenvalue weighted by Gasteiger charge is -2.29. The van der Waals surface area contributed by atoms with E-state index in [0.29, 0.717) is 17.1 Å². The van der Waals surface area contributed by atoms with Crippen molar-refractivity contribution in [1.82, 2.24) is 0 Å². The van der Waals surface area contributed by atoms with Crippen LogP contribution in [0.1, 0.15) is 47.7 Å². The van der Waals surface area contributed by atoms with Gasteiger partial charge in [-0.25, -0.2) is 0 Å². The number of hydrogen-bond donors (Lipinski definition) is 2. The maximum atomic E-state index is 13.2. The van der Waals surface area contributed by atoms with Gasteiger partial charge in [0.1, 0.15) is 5.76 Å². The largest absolute Gasteiger partial charge is 0.455 e. The highest BCUT2D eigenvalue weighted by atomic mass is 16.4. The molecule has 0 saturated carbocycles. The molecule has 0 unspecified atom stereocenters. The van der Waals surface area contributed by atoms with Gasteiger partial charge in [0.15, 0.2) is 5.76 Å². The summed E-state index contributed by atoms with van der Waals surface area (Å²) in [7, 11) is 0. The second-order valence-corrected chi connectivity index (χ2v) is 9.95. The van der Waals surface area contributed by atoms with Gasteiger partial charge >= 0.3 is 0 Å². The lowest BCUT2D eigenvalue weighted by Crippen LogP contribution is -2.27. The number of anilines is 2. The molecule has 0 fully saturated rings. The second kappa shape index (κ2) is 10.2. The van der Waals surface area contributed by atoms with E-state index in [4.69, 9.17) is 9.52 Å². The first-order valence-electron chi connectivity index (χ1n) is 12.3. The summed E-state index contributed by atoms with van der Waals surface area (Å²) in [5.74, 6) is 0.811. The van der Waals surface area contributed by atoms with Crippen LogP contribution in [0.5, 0.6) is 0 Å². The van der Waals surface area contributed by atoms with Gasteiger partial charge in [0.2, 0.25) is 0 Å². The quantitative estimate of drug-likeness (QED) is 0.211. The zero-order valence-corrected chi connectivity index (χ0v) is 21.2. The van der Waals surface area contributed by atoms with Crippen molar-refractivity contribution < 1.29 is 9.21 Å². The lowest BCUT2D eigenvalue weighted by atomic mass is 9.75. The number of nitrogens with one attached hydrogen (secondary N) is 2. The smallest absolute Gasteiger partial charge is 0.291 e. The van der Waals surface area contributed by atoms with Crippen LogP contribution in [-0.4, -0.2) is 11.6 Å². The third kappa shape index (κ3) is 5.67. The Labute approximate surface area is 216 Å². The normalized spacial score (nSPS) is 15.5. The van der Waals surface area contributed by atoms with Crippen LogP contribution in [0.3, 0.4) is 0 Å². The standard InChI is InChI=1S/C30H29N5O2/c1-20-27-25(35-34-23-12-8-5-9-13-23)18-30(2,3)19-26(27)37-28(20)29(36)31-21-14-16-24(17-15-21)33-32-22-10-6-4-7-11-22/h4-17,34H,18-19H2,1-3H3,(H,31,36). The second-order valence-electron chi connectivity index (χ2n) is 9.95. The average molecular weight is 492 g/mol. The fraction of sp³-hybridized carbons (Fsp3) is 0.200. The third-order valence-corrected chi connectivity index (χ3v) is 6.26. The van der Waals surface area contributed by atoms with Crippen LogP contribution in [-0.2, 0) is 6.42 Å². The summed E-state index contributed by atoms with van der Waals surface area (Å²) in [6.07, 6.45) is 1.52. The number of amides is 1. The van der Waals surface area contributed by atoms with Crippen molar-refractivity contribution >= 4 is 34.4 Å². The summed E-state index contributed by atoms with van der Waals surface area (Å²) in [6.45, 7) is 6.28. The minimum atomic E-state index is -0.293. The fourth-order valence-corrected chi connectivity index (χ4v) is 4.48. The van der Waals surface area contributed by atoms with Crippen molar-refractivity contribution in [3.8, 4) is 0 Å². The Kier molecular flexibility index (Phi) is 6.68. The Morgan fingerprint density at radius 2 is 1.43 bits per heavy atom. The molecule has 1 aliphatic carbocycles. The van der Waals surface area contributed by atoms with Crippen LogP contribution in [0.2, 0.25) is 0 Å². The van der Waals surface area contributed by atoms with Crippen LogP contribution in [0, 0.1) is 12.3 Å². The molecule has 7 nitrogen and oxygen atoms in total. The minimum Gasteiger partial charge on any atom is -0.455 e. The van der Waals surface area contributed by atoms with Crippen molar-refractivity contribution in [2.24, 2.45) is 20.7 Å². The predicted molar refractivity (Wildman–Crippen MR) is 147 cm³/mol. The molecule has 37 heavy (non-hydrogen) atoms. The van der Waals surface area contributed by atoms with Gasteiger partial charge in [-0.1, -0.05) is 50.2 Å². The van der Waals surface area contributed by atoms with E-state index in [1.165, 1.54) is 0 Å². The molecule has 7 heteroatoms. The summed E-state index contributed by atoms with van der Waals surface area (Å²) in [6, 6.07) is 26.6. The molecule has 3 aromatic carbocycles. The van der Waals surface area contributed by atoms with E-state index in [9.17, 15) is 4.79 Å². The highest BCUT2D eigenvalue weighted by Crippen LogP contribution is 2.39. The Balaban J connectivity index is 1.34. The van der Waals surface area contributed by atoms with E-state index >= 15 is 0 Å². The maximum Gasteiger partial charge on any atom is 0.291 e. The molecule has 1 aromatic heterocycles. The predicted octanol–water partition coefficient (Wildman–Crippen LogP) is 8.04. The first kappa shape index (κ1) is 24.2. The number of carbonyl (C=O) groups excluding carboxylic acids is 1. The van der Waals surface area contributed by atoms with Gasteiger partial charge < -0.3 is 9.73 Å². The van der Waals surface area contributed by atoms with Crippen molar-refractivity contribution in [1.29, 1.82) is 0 Å². The maximum absolute atomic E-state index is 13.2. The number of para-hydroxylation sites is 1. The monoisotopic (exact) mass is 491 g/mol. The zero-order chi connectivity index (χ0) is 25.8. The molecular formula is C30H29N5O2. The molecule has 0 radical (unpaired) electrons. The fourth-order valence-electron chi connectivity index (χ4n) is 4.48. The summed E-state index contributed by atoms with van der Waals surface area (Å²) in [4.78, 5) is 13.2. The van der Waals surface area contributed by atoms with E-state index in [0.717, 1.165) is 46.8 Å². The summed E-state index contributed by atoms with van der Waals surface area (Å²) in [5.41, 5.74) is 8.76. The van der Waals surface area contributed by atoms with Gasteiger partial charge in [-0.3, -0.25) is 10.2 Å². The number of hydrogen-bond acceptors (Lipinski definition) is 6. The molecule has 186 valence electrons. The molecule has 0 aliphatic heterocycles. The Morgan fingerprint density at radius 1 is 0.811 bits per heavy atom. The van der Waals surface area contributed by atoms with Gasteiger partial charge in [0.25, 0.3) is 5.91 Å². The van der Waals surface area contributed by atoms with Crippen LogP contribution in [0.25, 0.3) is 0 Å². The van der Waals surface area contributed by atoms with Crippen LogP contribution in [0.4, 0.5) is 22.7 Å². The van der Waals surface area contributed by atoms with E-state index in [-0.39, 0.29) is 11.3 Å². The van der Waals surface area contributed by atoms with Crippen molar-refractivity contribution in [3.63, 3.8) is 0 Å². The highest BCUT2D eigenvalue weighted by molar-refractivity contribution is 6.09. The summed E-state index contributed by atoms with van der Waals surface area (Å²) < 4.78 is 6.15. The van der Waals surface area contributed by atoms with E-state index in [2.05, 4.69) is 34.8 Å². The molecule has 0 bridgehead atoms. The average Bonchev–Trinajstić information content (AvgIpc) is 3.23. The van der Waals surface area contributed by atoms with Crippen LogP contribution in [0.15, 0.2) is 105 Å². The number of azo groups is 1. The number of furan rings is 1. The molecule has 4 aromatic rings. The Bertz CT molecular complexity index is 1450. The minimum absolute atomic E-state index is 0.0353. The summed E-state index contributed by atoms with van der Waals surface area (Å²) in [5, 5.41) is 16.1. The van der Waals surface area contributed by atoms with Crippen LogP contribution < -0.4 is 10.7 Å². The molecule has 0 spiro atoms. The SMILES string of the molecule is Cc1c(C(=O)Nc2ccc(N=Nc3ccccc3)cc2)oc2c1C(=NNc1ccccc1)CC(C)(C)C2. The third-order valence-electron chi connectivity index (χ3n) is 6.26. The number of nitrogens with zero attached hydrogens (tertiary/aromatic N) is 3. The molecule has 1 aliphatic rings. The van der Waals surface area contributed by atoms with E-state index in [1.807, 2.05) is 79.7 Å². The molecule has 2 N–H and O–H groups in total. The molecule has 0 atom stereocenters. The molecule has 1 amide bonds. The number of hydrazone groups is 1. The Hall–Kier alpha value is -4.52. The number of carbonyl (C=O) groups is 1. The van der Waals surface area contributed by atoms with Crippen molar-refractivity contribution in [2.75, 3.05) is 10.7 Å². The van der Waals surface area contributed by atoms with Gasteiger partial charge in [-0.2, -0.15) is 15.3 Å². The van der Waals surface area contributed by atoms with Gasteiger partial charge in [0.05, 0.1) is 22.8 Å².